The summed E-state index contributed by atoms with van der Waals surface area (Å²) in [7, 11) is 1.41. The number of carbonyl (C=O) groups is 1. The van der Waals surface area contributed by atoms with Crippen LogP contribution in [0.4, 0.5) is 42.5 Å². The lowest BCUT2D eigenvalue weighted by molar-refractivity contribution is -0.139. The van der Waals surface area contributed by atoms with E-state index in [0.717, 1.165) is 23.7 Å². The highest BCUT2D eigenvalue weighted by Gasteiger charge is 2.35. The van der Waals surface area contributed by atoms with Gasteiger partial charge in [0.15, 0.2) is 0 Å². The molecular formula is C28H31ClF7N7O2. The standard InChI is InChI=1S/C28H31ClF7N7O2/c1-3-42(13-17-6-4-16(5-7-17)8-23(44)45)25-19(10-21(12-37-25)28(34,35)36)15-43(26-38-40-41(2)39-26)14-18-9-20(27(31,32)33)11-22(29)24(18)30/h9-12,16-17H,3-8,13-15H2,1-2H3,(H,44,45)/t16-,17-. The summed E-state index contributed by atoms with van der Waals surface area (Å²) in [6.45, 7) is 1.62. The Bertz CT molecular complexity index is 1490. The quantitative estimate of drug-likeness (QED) is 0.225. The first-order valence-corrected chi connectivity index (χ1v) is 14.5. The minimum absolute atomic E-state index is 0.0529. The molecule has 0 amide bonds. The van der Waals surface area contributed by atoms with Crippen LogP contribution >= 0.6 is 11.6 Å². The van der Waals surface area contributed by atoms with Crippen molar-refractivity contribution < 1.29 is 40.6 Å². The van der Waals surface area contributed by atoms with Crippen molar-refractivity contribution in [3.05, 3.63) is 57.5 Å². The number of carboxylic acid groups (broad SMARTS) is 1. The molecule has 1 aliphatic carbocycles. The van der Waals surface area contributed by atoms with Crippen LogP contribution in [0.25, 0.3) is 0 Å². The molecule has 1 saturated carbocycles. The minimum Gasteiger partial charge on any atom is -0.481 e. The monoisotopic (exact) mass is 665 g/mol. The van der Waals surface area contributed by atoms with Crippen LogP contribution < -0.4 is 9.80 Å². The SMILES string of the molecule is CCN(C[C@H]1CC[C@H](CC(=O)O)CC1)c1ncc(C(F)(F)F)cc1CN(Cc1cc(C(F)(F)F)cc(Cl)c1F)c1nnn(C)n1. The zero-order chi connectivity index (χ0) is 33.1. The fourth-order valence-electron chi connectivity index (χ4n) is 5.54. The Labute approximate surface area is 259 Å². The van der Waals surface area contributed by atoms with Gasteiger partial charge in [0.2, 0.25) is 0 Å². The van der Waals surface area contributed by atoms with Gasteiger partial charge in [0.25, 0.3) is 5.95 Å². The number of pyridine rings is 1. The van der Waals surface area contributed by atoms with E-state index in [1.807, 2.05) is 4.90 Å². The number of anilines is 2. The van der Waals surface area contributed by atoms with Crippen molar-refractivity contribution in [2.24, 2.45) is 18.9 Å². The predicted molar refractivity (Wildman–Crippen MR) is 150 cm³/mol. The molecule has 17 heteroatoms. The van der Waals surface area contributed by atoms with Crippen molar-refractivity contribution in [2.45, 2.75) is 64.5 Å². The van der Waals surface area contributed by atoms with Gasteiger partial charge in [-0.15, -0.1) is 5.10 Å². The van der Waals surface area contributed by atoms with Crippen molar-refractivity contribution in [1.82, 2.24) is 25.2 Å². The van der Waals surface area contributed by atoms with Crippen LogP contribution in [0.1, 0.15) is 61.3 Å². The molecule has 0 radical (unpaired) electrons. The van der Waals surface area contributed by atoms with E-state index in [1.165, 1.54) is 11.9 Å². The van der Waals surface area contributed by atoms with Crippen LogP contribution in [0.2, 0.25) is 5.02 Å². The fraction of sp³-hybridized carbons (Fsp3) is 0.536. The second-order valence-electron chi connectivity index (χ2n) is 11.1. The van der Waals surface area contributed by atoms with Gasteiger partial charge in [0.1, 0.15) is 11.6 Å². The lowest BCUT2D eigenvalue weighted by atomic mass is 9.80. The van der Waals surface area contributed by atoms with E-state index in [-0.39, 0.29) is 35.6 Å². The number of hydrogen-bond donors (Lipinski definition) is 1. The van der Waals surface area contributed by atoms with Gasteiger partial charge in [-0.05, 0) is 67.9 Å². The molecule has 1 fully saturated rings. The molecular weight excluding hydrogens is 635 g/mol. The summed E-state index contributed by atoms with van der Waals surface area (Å²) in [6, 6.07) is 1.93. The van der Waals surface area contributed by atoms with E-state index in [0.29, 0.717) is 44.3 Å². The molecule has 0 bridgehead atoms. The Balaban J connectivity index is 1.70. The summed E-state index contributed by atoms with van der Waals surface area (Å²) in [6.07, 6.45) is -5.92. The zero-order valence-electron chi connectivity index (χ0n) is 24.3. The maximum absolute atomic E-state index is 15.0. The van der Waals surface area contributed by atoms with Crippen LogP contribution in [-0.4, -0.2) is 49.4 Å². The number of aromatic nitrogens is 5. The number of tetrazole rings is 1. The maximum atomic E-state index is 15.0. The third kappa shape index (κ3) is 8.73. The predicted octanol–water partition coefficient (Wildman–Crippen LogP) is 6.75. The van der Waals surface area contributed by atoms with Crippen molar-refractivity contribution in [3.63, 3.8) is 0 Å². The van der Waals surface area contributed by atoms with E-state index in [9.17, 15) is 31.1 Å². The molecule has 0 atom stereocenters. The average molecular weight is 666 g/mol. The number of halogens is 8. The van der Waals surface area contributed by atoms with Crippen LogP contribution in [0.5, 0.6) is 0 Å². The molecule has 2 aromatic heterocycles. The normalized spacial score (nSPS) is 17.4. The van der Waals surface area contributed by atoms with E-state index >= 15 is 4.39 Å². The number of nitrogens with zero attached hydrogens (tertiary/aromatic N) is 7. The van der Waals surface area contributed by atoms with Gasteiger partial charge in [-0.1, -0.05) is 16.7 Å². The number of benzene rings is 1. The lowest BCUT2D eigenvalue weighted by Crippen LogP contribution is -2.34. The Kier molecular flexibility index (Phi) is 10.4. The number of aliphatic carboxylic acids is 1. The largest absolute Gasteiger partial charge is 0.481 e. The third-order valence-electron chi connectivity index (χ3n) is 7.79. The topological polar surface area (TPSA) is 100 Å². The van der Waals surface area contributed by atoms with E-state index < -0.39 is 58.9 Å². The van der Waals surface area contributed by atoms with Crippen molar-refractivity contribution in [3.8, 4) is 0 Å². The van der Waals surface area contributed by atoms with Gasteiger partial charge in [0, 0.05) is 49.9 Å². The molecule has 45 heavy (non-hydrogen) atoms. The molecule has 0 saturated heterocycles. The van der Waals surface area contributed by atoms with Crippen molar-refractivity contribution in [2.75, 3.05) is 22.9 Å². The van der Waals surface area contributed by atoms with Gasteiger partial charge in [-0.3, -0.25) is 4.79 Å². The molecule has 9 nitrogen and oxygen atoms in total. The maximum Gasteiger partial charge on any atom is 0.417 e. The molecule has 0 spiro atoms. The molecule has 0 unspecified atom stereocenters. The Hall–Kier alpha value is -3.69. The van der Waals surface area contributed by atoms with Crippen LogP contribution in [0, 0.1) is 17.7 Å². The summed E-state index contributed by atoms with van der Waals surface area (Å²) in [4.78, 5) is 19.3. The molecule has 1 N–H and O–H groups in total. The van der Waals surface area contributed by atoms with Crippen LogP contribution in [-0.2, 0) is 37.3 Å². The van der Waals surface area contributed by atoms with E-state index in [2.05, 4.69) is 20.4 Å². The van der Waals surface area contributed by atoms with Gasteiger partial charge < -0.3 is 14.9 Å². The number of hydrogen-bond acceptors (Lipinski definition) is 7. The first-order valence-electron chi connectivity index (χ1n) is 14.1. The Morgan fingerprint density at radius 2 is 1.58 bits per heavy atom. The Morgan fingerprint density at radius 1 is 0.978 bits per heavy atom. The molecule has 1 aliphatic rings. The number of aryl methyl sites for hydroxylation is 1. The smallest absolute Gasteiger partial charge is 0.417 e. The average Bonchev–Trinajstić information content (AvgIpc) is 3.39. The number of carboxylic acids is 1. The summed E-state index contributed by atoms with van der Waals surface area (Å²) in [5, 5.41) is 20.0. The fourth-order valence-corrected chi connectivity index (χ4v) is 5.77. The first-order chi connectivity index (χ1) is 21.0. The van der Waals surface area contributed by atoms with E-state index in [1.54, 1.807) is 6.92 Å². The minimum atomic E-state index is -4.84. The molecule has 3 aromatic rings. The molecule has 0 aliphatic heterocycles. The molecule has 4 rings (SSSR count). The van der Waals surface area contributed by atoms with Gasteiger partial charge in [-0.2, -0.15) is 31.1 Å². The number of rotatable bonds is 11. The second kappa shape index (κ2) is 13.7. The summed E-state index contributed by atoms with van der Waals surface area (Å²) in [5.41, 5.74) is -2.68. The van der Waals surface area contributed by atoms with Crippen LogP contribution in [0.3, 0.4) is 0 Å². The van der Waals surface area contributed by atoms with Gasteiger partial charge in [-0.25, -0.2) is 9.37 Å². The van der Waals surface area contributed by atoms with Crippen molar-refractivity contribution >= 4 is 29.3 Å². The summed E-state index contributed by atoms with van der Waals surface area (Å²) >= 11 is 5.79. The second-order valence-corrected chi connectivity index (χ2v) is 11.5. The summed E-state index contributed by atoms with van der Waals surface area (Å²) < 4.78 is 97.1. The lowest BCUT2D eigenvalue weighted by Gasteiger charge is -2.34. The van der Waals surface area contributed by atoms with Crippen molar-refractivity contribution in [1.29, 1.82) is 0 Å². The number of alkyl halides is 6. The highest BCUT2D eigenvalue weighted by atomic mass is 35.5. The highest BCUT2D eigenvalue weighted by Crippen LogP contribution is 2.37. The van der Waals surface area contributed by atoms with Gasteiger partial charge in [0.05, 0.1) is 23.2 Å². The van der Waals surface area contributed by atoms with Gasteiger partial charge >= 0.3 is 18.3 Å². The molecule has 246 valence electrons. The highest BCUT2D eigenvalue weighted by molar-refractivity contribution is 6.30. The molecule has 1 aromatic carbocycles. The first kappa shape index (κ1) is 34.2. The zero-order valence-corrected chi connectivity index (χ0v) is 25.1. The molecule has 2 heterocycles. The third-order valence-corrected chi connectivity index (χ3v) is 8.07. The summed E-state index contributed by atoms with van der Waals surface area (Å²) in [5.74, 6) is -1.77. The Morgan fingerprint density at radius 3 is 2.13 bits per heavy atom. The van der Waals surface area contributed by atoms with E-state index in [4.69, 9.17) is 16.7 Å². The van der Waals surface area contributed by atoms with Crippen LogP contribution in [0.15, 0.2) is 24.4 Å².